The predicted molar refractivity (Wildman–Crippen MR) is 73.1 cm³/mol. The highest BCUT2D eigenvalue weighted by Gasteiger charge is 1.96. The van der Waals surface area contributed by atoms with E-state index in [2.05, 4.69) is 16.8 Å². The number of halogens is 1. The van der Waals surface area contributed by atoms with Crippen LogP contribution in [0.4, 0.5) is 0 Å². The highest BCUT2D eigenvalue weighted by atomic mass is 35.5. The van der Waals surface area contributed by atoms with Gasteiger partial charge in [-0.2, -0.15) is 0 Å². The van der Waals surface area contributed by atoms with Gasteiger partial charge in [-0.3, -0.25) is 4.98 Å². The topological polar surface area (TPSA) is 31.4 Å². The van der Waals surface area contributed by atoms with Crippen molar-refractivity contribution in [3.8, 4) is 17.6 Å². The van der Waals surface area contributed by atoms with Crippen molar-refractivity contribution in [2.24, 2.45) is 0 Å². The van der Waals surface area contributed by atoms with Crippen LogP contribution in [0.3, 0.4) is 0 Å². The summed E-state index contributed by atoms with van der Waals surface area (Å²) in [5.41, 5.74) is 0.856. The Morgan fingerprint density at radius 3 is 2.89 bits per heavy atom. The second-order valence-corrected chi connectivity index (χ2v) is 4.08. The Balaban J connectivity index is 2.38. The number of rotatable bonds is 7. The highest BCUT2D eigenvalue weighted by Crippen LogP contribution is 2.11. The normalized spacial score (nSPS) is 9.67. The van der Waals surface area contributed by atoms with E-state index in [1.807, 2.05) is 6.07 Å². The van der Waals surface area contributed by atoms with Crippen molar-refractivity contribution in [2.75, 3.05) is 26.2 Å². The third-order valence-electron chi connectivity index (χ3n) is 2.18. The second-order valence-electron chi connectivity index (χ2n) is 3.70. The minimum Gasteiger partial charge on any atom is -0.492 e. The lowest BCUT2D eigenvalue weighted by atomic mass is 10.2. The van der Waals surface area contributed by atoms with Crippen molar-refractivity contribution >= 4 is 11.6 Å². The van der Waals surface area contributed by atoms with Crippen LogP contribution < -0.4 is 4.74 Å². The number of unbranched alkanes of at least 4 members (excludes halogenated alkanes) is 1. The molecule has 0 fully saturated rings. The van der Waals surface area contributed by atoms with Crippen molar-refractivity contribution in [1.29, 1.82) is 0 Å². The Kier molecular flexibility index (Phi) is 8.03. The van der Waals surface area contributed by atoms with E-state index in [1.165, 1.54) is 0 Å². The Bertz CT molecular complexity index is 398. The van der Waals surface area contributed by atoms with Crippen molar-refractivity contribution in [2.45, 2.75) is 19.3 Å². The van der Waals surface area contributed by atoms with Gasteiger partial charge in [0.1, 0.15) is 5.75 Å². The first-order valence-corrected chi connectivity index (χ1v) is 6.52. The number of ether oxygens (including phenoxy) is 2. The number of hydrogen-bond donors (Lipinski definition) is 0. The minimum absolute atomic E-state index is 0.552. The van der Waals surface area contributed by atoms with Gasteiger partial charge in [0.05, 0.1) is 12.8 Å². The maximum absolute atomic E-state index is 5.59. The Hall–Kier alpha value is -1.24. The summed E-state index contributed by atoms with van der Waals surface area (Å²) in [7, 11) is 1.70. The fourth-order valence-electron chi connectivity index (χ4n) is 1.32. The second kappa shape index (κ2) is 9.76. The van der Waals surface area contributed by atoms with Crippen LogP contribution in [0.5, 0.6) is 5.75 Å². The summed E-state index contributed by atoms with van der Waals surface area (Å²) in [4.78, 5) is 4.09. The van der Waals surface area contributed by atoms with Crippen LogP contribution in [-0.4, -0.2) is 31.2 Å². The molecule has 1 aromatic heterocycles. The Morgan fingerprint density at radius 1 is 1.28 bits per heavy atom. The van der Waals surface area contributed by atoms with E-state index in [0.29, 0.717) is 18.9 Å². The molecular formula is C14H18ClNO2. The van der Waals surface area contributed by atoms with Gasteiger partial charge in [-0.25, -0.2) is 0 Å². The SMILES string of the molecule is COCCCCOc1cncc(C#CCCCl)c1. The third-order valence-corrected chi connectivity index (χ3v) is 2.37. The lowest BCUT2D eigenvalue weighted by molar-refractivity contribution is 0.184. The molecule has 0 saturated heterocycles. The Morgan fingerprint density at radius 2 is 2.11 bits per heavy atom. The fraction of sp³-hybridized carbons (Fsp3) is 0.500. The lowest BCUT2D eigenvalue weighted by Crippen LogP contribution is -2.00. The third kappa shape index (κ3) is 6.48. The number of alkyl halides is 1. The molecule has 0 radical (unpaired) electrons. The molecule has 0 unspecified atom stereocenters. The summed E-state index contributed by atoms with van der Waals surface area (Å²) in [6.45, 7) is 1.44. The molecule has 0 saturated carbocycles. The van der Waals surface area contributed by atoms with Gasteiger partial charge in [-0.05, 0) is 18.9 Å². The molecule has 0 aliphatic rings. The van der Waals surface area contributed by atoms with Crippen LogP contribution in [0, 0.1) is 11.8 Å². The van der Waals surface area contributed by atoms with Gasteiger partial charge < -0.3 is 9.47 Å². The van der Waals surface area contributed by atoms with Crippen LogP contribution in [0.25, 0.3) is 0 Å². The Labute approximate surface area is 113 Å². The molecule has 0 aromatic carbocycles. The zero-order valence-corrected chi connectivity index (χ0v) is 11.4. The molecule has 0 N–H and O–H groups in total. The fourth-order valence-corrected chi connectivity index (χ4v) is 1.41. The van der Waals surface area contributed by atoms with Gasteiger partial charge in [0, 0.05) is 37.8 Å². The molecule has 0 aliphatic heterocycles. The number of methoxy groups -OCH3 is 1. The van der Waals surface area contributed by atoms with Crippen LogP contribution >= 0.6 is 11.6 Å². The van der Waals surface area contributed by atoms with E-state index in [0.717, 1.165) is 30.8 Å². The average molecular weight is 268 g/mol. The number of nitrogens with zero attached hydrogens (tertiary/aromatic N) is 1. The van der Waals surface area contributed by atoms with Crippen LogP contribution in [0.1, 0.15) is 24.8 Å². The maximum Gasteiger partial charge on any atom is 0.138 e. The van der Waals surface area contributed by atoms with Crippen molar-refractivity contribution < 1.29 is 9.47 Å². The summed E-state index contributed by atoms with van der Waals surface area (Å²) in [6.07, 6.45) is 6.07. The average Bonchev–Trinajstić information content (AvgIpc) is 2.39. The van der Waals surface area contributed by atoms with Gasteiger partial charge in [-0.1, -0.05) is 11.8 Å². The standard InChI is InChI=1S/C14H18ClNO2/c1-17-8-4-5-9-18-14-10-13(11-16-12-14)6-2-3-7-15/h10-12H,3-5,7-9H2,1H3. The molecule has 0 aliphatic carbocycles. The number of hydrogen-bond acceptors (Lipinski definition) is 3. The molecule has 1 heterocycles. The highest BCUT2D eigenvalue weighted by molar-refractivity contribution is 6.18. The molecule has 18 heavy (non-hydrogen) atoms. The van der Waals surface area contributed by atoms with Crippen LogP contribution in [0.2, 0.25) is 0 Å². The predicted octanol–water partition coefficient (Wildman–Crippen LogP) is 2.87. The molecule has 0 amide bonds. The van der Waals surface area contributed by atoms with Crippen molar-refractivity contribution in [3.05, 3.63) is 24.0 Å². The van der Waals surface area contributed by atoms with Gasteiger partial charge in [0.15, 0.2) is 0 Å². The molecular weight excluding hydrogens is 250 g/mol. The molecule has 1 rings (SSSR count). The lowest BCUT2D eigenvalue weighted by Gasteiger charge is -2.05. The van der Waals surface area contributed by atoms with Crippen molar-refractivity contribution in [1.82, 2.24) is 4.98 Å². The van der Waals surface area contributed by atoms with Crippen LogP contribution in [-0.2, 0) is 4.74 Å². The zero-order chi connectivity index (χ0) is 13.1. The maximum atomic E-state index is 5.59. The van der Waals surface area contributed by atoms with E-state index in [9.17, 15) is 0 Å². The summed E-state index contributed by atoms with van der Waals surface area (Å²) in [6, 6.07) is 1.89. The molecule has 1 aromatic rings. The largest absolute Gasteiger partial charge is 0.492 e. The smallest absolute Gasteiger partial charge is 0.138 e. The molecule has 0 atom stereocenters. The van der Waals surface area contributed by atoms with Gasteiger partial charge in [0.2, 0.25) is 0 Å². The molecule has 0 bridgehead atoms. The monoisotopic (exact) mass is 267 g/mol. The zero-order valence-electron chi connectivity index (χ0n) is 10.6. The first-order valence-electron chi connectivity index (χ1n) is 5.98. The number of aromatic nitrogens is 1. The van der Waals surface area contributed by atoms with Gasteiger partial charge in [0.25, 0.3) is 0 Å². The van der Waals surface area contributed by atoms with E-state index < -0.39 is 0 Å². The number of pyridine rings is 1. The van der Waals surface area contributed by atoms with E-state index in [-0.39, 0.29) is 0 Å². The summed E-state index contributed by atoms with van der Waals surface area (Å²) in [5, 5.41) is 0. The van der Waals surface area contributed by atoms with E-state index in [4.69, 9.17) is 21.1 Å². The summed E-state index contributed by atoms with van der Waals surface area (Å²) in [5.74, 6) is 7.27. The minimum atomic E-state index is 0.552. The van der Waals surface area contributed by atoms with E-state index in [1.54, 1.807) is 19.5 Å². The first-order chi connectivity index (χ1) is 8.86. The quantitative estimate of drug-likeness (QED) is 0.432. The molecule has 3 nitrogen and oxygen atoms in total. The first kappa shape index (κ1) is 14.8. The summed E-state index contributed by atoms with van der Waals surface area (Å²) < 4.78 is 10.6. The molecule has 4 heteroatoms. The van der Waals surface area contributed by atoms with Crippen molar-refractivity contribution in [3.63, 3.8) is 0 Å². The summed E-state index contributed by atoms with van der Waals surface area (Å²) >= 11 is 5.56. The van der Waals surface area contributed by atoms with E-state index >= 15 is 0 Å². The van der Waals surface area contributed by atoms with Gasteiger partial charge in [-0.15, -0.1) is 11.6 Å². The molecule has 98 valence electrons. The van der Waals surface area contributed by atoms with Crippen LogP contribution in [0.15, 0.2) is 18.5 Å². The molecule has 0 spiro atoms. The van der Waals surface area contributed by atoms with Gasteiger partial charge >= 0.3 is 0 Å².